The van der Waals surface area contributed by atoms with E-state index in [1.165, 1.54) is 6.07 Å². The highest BCUT2D eigenvalue weighted by Crippen LogP contribution is 2.38. The molecule has 0 fully saturated rings. The zero-order chi connectivity index (χ0) is 13.2. The lowest BCUT2D eigenvalue weighted by molar-refractivity contribution is -0.385. The second-order valence-corrected chi connectivity index (χ2v) is 6.29. The molecule has 0 aliphatic rings. The molecule has 0 heterocycles. The third kappa shape index (κ3) is 3.42. The van der Waals surface area contributed by atoms with Crippen LogP contribution >= 0.6 is 27.5 Å². The van der Waals surface area contributed by atoms with Crippen molar-refractivity contribution in [3.63, 3.8) is 0 Å². The van der Waals surface area contributed by atoms with Gasteiger partial charge in [0.05, 0.1) is 4.92 Å². The van der Waals surface area contributed by atoms with Crippen LogP contribution in [0.15, 0.2) is 18.2 Å². The van der Waals surface area contributed by atoms with Gasteiger partial charge in [-0.25, -0.2) is 0 Å². The molecule has 0 aliphatic carbocycles. The minimum Gasteiger partial charge on any atom is -0.258 e. The summed E-state index contributed by atoms with van der Waals surface area (Å²) < 4.78 is 0. The van der Waals surface area contributed by atoms with Gasteiger partial charge in [0.15, 0.2) is 0 Å². The summed E-state index contributed by atoms with van der Waals surface area (Å²) in [5, 5.41) is 11.6. The van der Waals surface area contributed by atoms with Crippen molar-refractivity contribution in [1.29, 1.82) is 0 Å². The van der Waals surface area contributed by atoms with Crippen LogP contribution in [-0.2, 0) is 0 Å². The van der Waals surface area contributed by atoms with E-state index < -0.39 is 0 Å². The van der Waals surface area contributed by atoms with Crippen LogP contribution in [0, 0.1) is 16.0 Å². The summed E-state index contributed by atoms with van der Waals surface area (Å²) in [4.78, 5) is 10.8. The molecule has 0 saturated heterocycles. The van der Waals surface area contributed by atoms with E-state index in [2.05, 4.69) is 15.9 Å². The molecule has 0 aliphatic heterocycles. The van der Waals surface area contributed by atoms with Crippen LogP contribution < -0.4 is 0 Å². The average Bonchev–Trinajstić information content (AvgIpc) is 2.15. The summed E-state index contributed by atoms with van der Waals surface area (Å²) in [5.74, 6) is 0.357. The molecule has 2 atom stereocenters. The van der Waals surface area contributed by atoms with Crippen LogP contribution in [0.5, 0.6) is 0 Å². The highest BCUT2D eigenvalue weighted by atomic mass is 79.9. The van der Waals surface area contributed by atoms with Crippen molar-refractivity contribution in [2.45, 2.75) is 31.5 Å². The van der Waals surface area contributed by atoms with Gasteiger partial charge in [0.25, 0.3) is 5.69 Å². The maximum atomic E-state index is 11.0. The van der Waals surface area contributed by atoms with Crippen molar-refractivity contribution in [2.75, 3.05) is 0 Å². The van der Waals surface area contributed by atoms with Gasteiger partial charge < -0.3 is 0 Å². The molecule has 1 rings (SSSR count). The summed E-state index contributed by atoms with van der Waals surface area (Å²) in [5.41, 5.74) is 0.835. The number of rotatable bonds is 4. The Labute approximate surface area is 114 Å². The molecule has 0 aromatic heterocycles. The van der Waals surface area contributed by atoms with Gasteiger partial charge in [-0.1, -0.05) is 48.3 Å². The minimum absolute atomic E-state index is 0.0640. The summed E-state index contributed by atoms with van der Waals surface area (Å²) in [6, 6.07) is 4.73. The zero-order valence-corrected chi connectivity index (χ0v) is 12.3. The van der Waals surface area contributed by atoms with Gasteiger partial charge in [-0.05, 0) is 18.1 Å². The van der Waals surface area contributed by atoms with E-state index in [4.69, 9.17) is 11.6 Å². The molecule has 0 spiro atoms. The Hall–Kier alpha value is -0.610. The normalized spacial score (nSPS) is 14.7. The Morgan fingerprint density at radius 3 is 2.35 bits per heavy atom. The minimum atomic E-state index is -0.351. The molecular weight excluding hydrogens is 305 g/mol. The van der Waals surface area contributed by atoms with Crippen molar-refractivity contribution in [2.24, 2.45) is 5.92 Å². The van der Waals surface area contributed by atoms with Crippen LogP contribution in [-0.4, -0.2) is 9.75 Å². The molecule has 0 amide bonds. The molecule has 0 N–H and O–H groups in total. The highest BCUT2D eigenvalue weighted by Gasteiger charge is 2.28. The zero-order valence-electron chi connectivity index (χ0n) is 9.98. The van der Waals surface area contributed by atoms with Crippen LogP contribution in [0.1, 0.15) is 32.3 Å². The molecule has 2 unspecified atom stereocenters. The predicted molar refractivity (Wildman–Crippen MR) is 74.1 cm³/mol. The van der Waals surface area contributed by atoms with Gasteiger partial charge in [0, 0.05) is 27.4 Å². The van der Waals surface area contributed by atoms with Crippen LogP contribution in [0.4, 0.5) is 5.69 Å². The molecule has 0 radical (unpaired) electrons. The van der Waals surface area contributed by atoms with E-state index in [9.17, 15) is 10.1 Å². The number of nitrogens with zero attached hydrogens (tertiary/aromatic N) is 1. The average molecular weight is 321 g/mol. The SMILES string of the molecule is CC(C)C(c1cc(Cl)ccc1[N+](=O)[O-])C(C)Br. The number of benzene rings is 1. The lowest BCUT2D eigenvalue weighted by Gasteiger charge is -2.24. The van der Waals surface area contributed by atoms with Crippen molar-refractivity contribution >= 4 is 33.2 Å². The van der Waals surface area contributed by atoms with Gasteiger partial charge in [-0.15, -0.1) is 0 Å². The molecule has 94 valence electrons. The Balaban J connectivity index is 3.34. The molecule has 0 saturated carbocycles. The Kier molecular flexibility index (Phi) is 4.95. The lowest BCUT2D eigenvalue weighted by atomic mass is 9.85. The van der Waals surface area contributed by atoms with Crippen LogP contribution in [0.3, 0.4) is 0 Å². The first-order chi connectivity index (χ1) is 7.84. The first-order valence-corrected chi connectivity index (χ1v) is 6.72. The summed E-state index contributed by atoms with van der Waals surface area (Å²) in [6.45, 7) is 6.09. The highest BCUT2D eigenvalue weighted by molar-refractivity contribution is 9.09. The van der Waals surface area contributed by atoms with Gasteiger partial charge in [0.2, 0.25) is 0 Å². The topological polar surface area (TPSA) is 43.1 Å². The van der Waals surface area contributed by atoms with Gasteiger partial charge >= 0.3 is 0 Å². The first-order valence-electron chi connectivity index (χ1n) is 5.42. The Morgan fingerprint density at radius 1 is 1.35 bits per heavy atom. The fraction of sp³-hybridized carbons (Fsp3) is 0.500. The fourth-order valence-electron chi connectivity index (χ4n) is 2.10. The molecule has 1 aromatic carbocycles. The molecule has 0 bridgehead atoms. The fourth-order valence-corrected chi connectivity index (χ4v) is 3.17. The number of nitro benzene ring substituents is 1. The van der Waals surface area contributed by atoms with E-state index in [-0.39, 0.29) is 21.4 Å². The molecule has 3 nitrogen and oxygen atoms in total. The molecular formula is C12H15BrClNO2. The monoisotopic (exact) mass is 319 g/mol. The van der Waals surface area contributed by atoms with E-state index >= 15 is 0 Å². The van der Waals surface area contributed by atoms with E-state index in [0.717, 1.165) is 0 Å². The third-order valence-corrected chi connectivity index (χ3v) is 3.56. The second kappa shape index (κ2) is 5.83. The van der Waals surface area contributed by atoms with Crippen LogP contribution in [0.25, 0.3) is 0 Å². The quantitative estimate of drug-likeness (QED) is 0.455. The largest absolute Gasteiger partial charge is 0.273 e. The van der Waals surface area contributed by atoms with Gasteiger partial charge in [-0.2, -0.15) is 0 Å². The summed E-state index contributed by atoms with van der Waals surface area (Å²) >= 11 is 9.46. The standard InChI is InChI=1S/C12H15BrClNO2/c1-7(2)12(8(3)13)10-6-9(14)4-5-11(10)15(16)17/h4-8,12H,1-3H3. The van der Waals surface area contributed by atoms with Gasteiger partial charge in [0.1, 0.15) is 0 Å². The summed E-state index contributed by atoms with van der Waals surface area (Å²) in [7, 11) is 0. The molecule has 1 aromatic rings. The van der Waals surface area contributed by atoms with Crippen molar-refractivity contribution < 1.29 is 4.92 Å². The second-order valence-electron chi connectivity index (χ2n) is 4.41. The Morgan fingerprint density at radius 2 is 1.94 bits per heavy atom. The van der Waals surface area contributed by atoms with Crippen molar-refractivity contribution in [1.82, 2.24) is 0 Å². The van der Waals surface area contributed by atoms with E-state index in [1.54, 1.807) is 12.1 Å². The molecule has 17 heavy (non-hydrogen) atoms. The number of alkyl halides is 1. The summed E-state index contributed by atoms with van der Waals surface area (Å²) in [6.07, 6.45) is 0. The van der Waals surface area contributed by atoms with E-state index in [0.29, 0.717) is 16.5 Å². The van der Waals surface area contributed by atoms with Crippen molar-refractivity contribution in [3.8, 4) is 0 Å². The van der Waals surface area contributed by atoms with E-state index in [1.807, 2.05) is 20.8 Å². The smallest absolute Gasteiger partial charge is 0.258 e. The first kappa shape index (κ1) is 14.5. The number of halogens is 2. The third-order valence-electron chi connectivity index (χ3n) is 2.76. The van der Waals surface area contributed by atoms with Crippen molar-refractivity contribution in [3.05, 3.63) is 38.9 Å². The maximum absolute atomic E-state index is 11.0. The van der Waals surface area contributed by atoms with Gasteiger partial charge in [-0.3, -0.25) is 10.1 Å². The molecule has 5 heteroatoms. The number of hydrogen-bond donors (Lipinski definition) is 0. The lowest BCUT2D eigenvalue weighted by Crippen LogP contribution is -2.17. The number of hydrogen-bond acceptors (Lipinski definition) is 2. The Bertz CT molecular complexity index is 413. The van der Waals surface area contributed by atoms with Crippen LogP contribution in [0.2, 0.25) is 5.02 Å². The predicted octanol–water partition coefficient (Wildman–Crippen LogP) is 4.77. The number of nitro groups is 1. The maximum Gasteiger partial charge on any atom is 0.273 e.